The zero-order valence-corrected chi connectivity index (χ0v) is 7.47. The average Bonchev–Trinajstić information content (AvgIpc) is 2.67. The summed E-state index contributed by atoms with van der Waals surface area (Å²) in [5.41, 5.74) is 0. The summed E-state index contributed by atoms with van der Waals surface area (Å²) >= 11 is 0. The number of allylic oxidation sites excluding steroid dienone is 1. The number of hydrogen-bond donors (Lipinski definition) is 1. The lowest BCUT2D eigenvalue weighted by Crippen LogP contribution is -2.32. The monoisotopic (exact) mass is 182 g/mol. The first-order valence-electron chi connectivity index (χ1n) is 4.59. The van der Waals surface area contributed by atoms with Gasteiger partial charge in [0.05, 0.1) is 12.7 Å². The van der Waals surface area contributed by atoms with E-state index in [1.165, 1.54) is 0 Å². The highest BCUT2D eigenvalue weighted by atomic mass is 16.5. The lowest BCUT2D eigenvalue weighted by atomic mass is 10.2. The molecule has 0 spiro atoms. The first kappa shape index (κ1) is 8.72. The summed E-state index contributed by atoms with van der Waals surface area (Å²) in [4.78, 5) is 6.18. The van der Waals surface area contributed by atoms with Crippen LogP contribution in [0.2, 0.25) is 0 Å². The van der Waals surface area contributed by atoms with Crippen molar-refractivity contribution in [1.82, 2.24) is 4.90 Å². The highest BCUT2D eigenvalue weighted by molar-refractivity contribution is 5.71. The summed E-state index contributed by atoms with van der Waals surface area (Å²) in [6.45, 7) is 0.788. The van der Waals surface area contributed by atoms with Gasteiger partial charge in [-0.05, 0) is 18.9 Å². The Morgan fingerprint density at radius 2 is 2.46 bits per heavy atom. The number of aliphatic imine (C=N–C) groups is 1. The number of nitrogens with zero attached hydrogens (tertiary/aromatic N) is 2. The van der Waals surface area contributed by atoms with E-state index in [2.05, 4.69) is 9.89 Å². The molecule has 2 aliphatic heterocycles. The molecule has 0 bridgehead atoms. The van der Waals surface area contributed by atoms with E-state index < -0.39 is 0 Å². The SMILES string of the molecule is OC[C@@H]1CCC(N2C=CC=NC2)O1. The molecule has 0 aromatic rings. The molecule has 2 heterocycles. The lowest BCUT2D eigenvalue weighted by Gasteiger charge is -2.26. The van der Waals surface area contributed by atoms with Crippen LogP contribution in [0.1, 0.15) is 12.8 Å². The maximum atomic E-state index is 8.89. The largest absolute Gasteiger partial charge is 0.394 e. The van der Waals surface area contributed by atoms with Crippen LogP contribution in [0.25, 0.3) is 0 Å². The van der Waals surface area contributed by atoms with Crippen LogP contribution in [0.5, 0.6) is 0 Å². The van der Waals surface area contributed by atoms with Crippen LogP contribution in [0.15, 0.2) is 17.3 Å². The lowest BCUT2D eigenvalue weighted by molar-refractivity contribution is -0.0494. The molecule has 4 heteroatoms. The number of hydrogen-bond acceptors (Lipinski definition) is 4. The summed E-state index contributed by atoms with van der Waals surface area (Å²) < 4.78 is 5.60. The van der Waals surface area contributed by atoms with E-state index in [0.29, 0.717) is 6.67 Å². The maximum absolute atomic E-state index is 8.89. The van der Waals surface area contributed by atoms with Gasteiger partial charge in [-0.25, -0.2) is 0 Å². The number of aliphatic hydroxyl groups excluding tert-OH is 1. The van der Waals surface area contributed by atoms with Crippen LogP contribution in [-0.4, -0.2) is 41.8 Å². The van der Waals surface area contributed by atoms with Crippen molar-refractivity contribution in [2.24, 2.45) is 4.99 Å². The van der Waals surface area contributed by atoms with Crippen molar-refractivity contribution in [2.75, 3.05) is 13.3 Å². The molecular formula is C9H14N2O2. The molecule has 0 aliphatic carbocycles. The van der Waals surface area contributed by atoms with Crippen LogP contribution in [0, 0.1) is 0 Å². The molecule has 1 fully saturated rings. The van der Waals surface area contributed by atoms with E-state index in [4.69, 9.17) is 9.84 Å². The highest BCUT2D eigenvalue weighted by Gasteiger charge is 2.28. The van der Waals surface area contributed by atoms with Gasteiger partial charge in [0.2, 0.25) is 0 Å². The van der Waals surface area contributed by atoms with E-state index in [1.54, 1.807) is 6.21 Å². The summed E-state index contributed by atoms with van der Waals surface area (Å²) in [5, 5.41) is 8.89. The molecule has 72 valence electrons. The van der Waals surface area contributed by atoms with Gasteiger partial charge >= 0.3 is 0 Å². The molecule has 0 radical (unpaired) electrons. The molecule has 1 unspecified atom stereocenters. The van der Waals surface area contributed by atoms with Crippen molar-refractivity contribution in [3.63, 3.8) is 0 Å². The highest BCUT2D eigenvalue weighted by Crippen LogP contribution is 2.22. The molecular weight excluding hydrogens is 168 g/mol. The third-order valence-electron chi connectivity index (χ3n) is 2.37. The zero-order chi connectivity index (χ0) is 9.10. The topological polar surface area (TPSA) is 45.1 Å². The first-order chi connectivity index (χ1) is 6.40. The fraction of sp³-hybridized carbons (Fsp3) is 0.667. The average molecular weight is 182 g/mol. The fourth-order valence-corrected chi connectivity index (χ4v) is 1.65. The minimum atomic E-state index is 0.0179. The maximum Gasteiger partial charge on any atom is 0.131 e. The second-order valence-electron chi connectivity index (χ2n) is 3.30. The van der Waals surface area contributed by atoms with Crippen molar-refractivity contribution >= 4 is 6.21 Å². The summed E-state index contributed by atoms with van der Waals surface area (Å²) in [6, 6.07) is 0. The Balaban J connectivity index is 1.88. The zero-order valence-electron chi connectivity index (χ0n) is 7.47. The van der Waals surface area contributed by atoms with Gasteiger partial charge in [-0.3, -0.25) is 4.99 Å². The standard InChI is InChI=1S/C9H14N2O2/c12-6-8-2-3-9(13-8)11-5-1-4-10-7-11/h1,4-5,8-9,12H,2-3,6-7H2/t8-,9?/m0/s1. The molecule has 0 amide bonds. The van der Waals surface area contributed by atoms with Crippen molar-refractivity contribution < 1.29 is 9.84 Å². The van der Waals surface area contributed by atoms with E-state index in [9.17, 15) is 0 Å². The van der Waals surface area contributed by atoms with Crippen molar-refractivity contribution in [3.05, 3.63) is 12.3 Å². The van der Waals surface area contributed by atoms with Crippen LogP contribution < -0.4 is 0 Å². The predicted octanol–water partition coefficient (Wildman–Crippen LogP) is 0.341. The minimum absolute atomic E-state index is 0.0179. The summed E-state index contributed by atoms with van der Waals surface area (Å²) in [7, 11) is 0. The summed E-state index contributed by atoms with van der Waals surface area (Å²) in [5.74, 6) is 0. The van der Waals surface area contributed by atoms with Crippen LogP contribution >= 0.6 is 0 Å². The smallest absolute Gasteiger partial charge is 0.131 e. The Morgan fingerprint density at radius 1 is 1.54 bits per heavy atom. The van der Waals surface area contributed by atoms with Crippen molar-refractivity contribution in [2.45, 2.75) is 25.2 Å². The fourth-order valence-electron chi connectivity index (χ4n) is 1.65. The van der Waals surface area contributed by atoms with Gasteiger partial charge in [-0.1, -0.05) is 0 Å². The molecule has 1 N–H and O–H groups in total. The molecule has 0 aromatic carbocycles. The Bertz CT molecular complexity index is 228. The van der Waals surface area contributed by atoms with Gasteiger partial charge < -0.3 is 14.7 Å². The van der Waals surface area contributed by atoms with Gasteiger partial charge in [0.25, 0.3) is 0 Å². The van der Waals surface area contributed by atoms with Gasteiger partial charge in [0.15, 0.2) is 0 Å². The Kier molecular flexibility index (Phi) is 2.61. The van der Waals surface area contributed by atoms with Crippen LogP contribution in [0.3, 0.4) is 0 Å². The molecule has 0 aromatic heterocycles. The van der Waals surface area contributed by atoms with Gasteiger partial charge in [-0.15, -0.1) is 0 Å². The summed E-state index contributed by atoms with van der Waals surface area (Å²) in [6.07, 6.45) is 7.71. The molecule has 1 saturated heterocycles. The van der Waals surface area contributed by atoms with Crippen molar-refractivity contribution in [3.8, 4) is 0 Å². The molecule has 4 nitrogen and oxygen atoms in total. The quantitative estimate of drug-likeness (QED) is 0.670. The molecule has 2 atom stereocenters. The molecule has 0 saturated carbocycles. The van der Waals surface area contributed by atoms with E-state index in [-0.39, 0.29) is 18.9 Å². The van der Waals surface area contributed by atoms with Gasteiger partial charge in [-0.2, -0.15) is 0 Å². The second kappa shape index (κ2) is 3.89. The van der Waals surface area contributed by atoms with E-state index >= 15 is 0 Å². The van der Waals surface area contributed by atoms with E-state index in [1.807, 2.05) is 12.3 Å². The third-order valence-corrected chi connectivity index (χ3v) is 2.37. The first-order valence-corrected chi connectivity index (χ1v) is 4.59. The van der Waals surface area contributed by atoms with Gasteiger partial charge in [0.1, 0.15) is 12.9 Å². The van der Waals surface area contributed by atoms with Crippen LogP contribution in [0.4, 0.5) is 0 Å². The third kappa shape index (κ3) is 1.89. The molecule has 2 aliphatic rings. The minimum Gasteiger partial charge on any atom is -0.394 e. The second-order valence-corrected chi connectivity index (χ2v) is 3.30. The molecule has 13 heavy (non-hydrogen) atoms. The normalized spacial score (nSPS) is 32.8. The molecule has 2 rings (SSSR count). The number of aliphatic hydroxyl groups is 1. The Labute approximate surface area is 77.5 Å². The van der Waals surface area contributed by atoms with Crippen LogP contribution in [-0.2, 0) is 4.74 Å². The predicted molar refractivity (Wildman–Crippen MR) is 49.3 cm³/mol. The number of rotatable bonds is 2. The van der Waals surface area contributed by atoms with E-state index in [0.717, 1.165) is 12.8 Å². The Hall–Kier alpha value is -0.870. The Morgan fingerprint density at radius 3 is 3.08 bits per heavy atom. The van der Waals surface area contributed by atoms with Gasteiger partial charge in [0, 0.05) is 12.4 Å². The number of ether oxygens (including phenoxy) is 1. The van der Waals surface area contributed by atoms with Crippen molar-refractivity contribution in [1.29, 1.82) is 0 Å².